The quantitative estimate of drug-likeness (QED) is 0.786. The number of aryl methyl sites for hydroxylation is 1. The lowest BCUT2D eigenvalue weighted by Crippen LogP contribution is -2.43. The Kier molecular flexibility index (Phi) is 4.13. The van der Waals surface area contributed by atoms with Crippen molar-refractivity contribution in [1.82, 2.24) is 9.88 Å². The third-order valence-corrected chi connectivity index (χ3v) is 3.93. The molecule has 6 heteroatoms. The summed E-state index contributed by atoms with van der Waals surface area (Å²) in [7, 11) is 0. The van der Waals surface area contributed by atoms with Crippen molar-refractivity contribution in [3.8, 4) is 0 Å². The van der Waals surface area contributed by atoms with Crippen LogP contribution in [0.2, 0.25) is 0 Å². The molecule has 2 rings (SSSR count). The van der Waals surface area contributed by atoms with Crippen molar-refractivity contribution in [3.63, 3.8) is 0 Å². The predicted octanol–water partition coefficient (Wildman–Crippen LogP) is 2.40. The van der Waals surface area contributed by atoms with Crippen LogP contribution in [-0.4, -0.2) is 39.9 Å². The highest BCUT2D eigenvalue weighted by atomic mass is 32.1. The average molecular weight is 296 g/mol. The lowest BCUT2D eigenvalue weighted by atomic mass is 10.1. The molecule has 1 atom stereocenters. The van der Waals surface area contributed by atoms with Crippen LogP contribution in [0.1, 0.15) is 48.3 Å². The molecule has 1 aliphatic heterocycles. The molecule has 0 N–H and O–H groups in total. The van der Waals surface area contributed by atoms with Gasteiger partial charge in [0.2, 0.25) is 0 Å². The SMILES string of the molecule is Cc1ncc(C(=O)N2CCC[C@H]2C(=O)OC(C)(C)C)s1. The van der Waals surface area contributed by atoms with E-state index in [0.717, 1.165) is 11.4 Å². The summed E-state index contributed by atoms with van der Waals surface area (Å²) in [6, 6.07) is -0.468. The second kappa shape index (κ2) is 5.52. The molecule has 1 amide bonds. The fraction of sp³-hybridized carbons (Fsp3) is 0.643. The molecule has 1 aromatic heterocycles. The zero-order valence-corrected chi connectivity index (χ0v) is 13.1. The number of carbonyl (C=O) groups excluding carboxylic acids is 2. The maximum absolute atomic E-state index is 12.4. The fourth-order valence-electron chi connectivity index (χ4n) is 2.23. The van der Waals surface area contributed by atoms with Crippen molar-refractivity contribution >= 4 is 23.2 Å². The summed E-state index contributed by atoms with van der Waals surface area (Å²) < 4.78 is 5.40. The molecule has 5 nitrogen and oxygen atoms in total. The van der Waals surface area contributed by atoms with E-state index in [1.165, 1.54) is 11.3 Å². The van der Waals surface area contributed by atoms with Gasteiger partial charge in [-0.3, -0.25) is 4.79 Å². The normalized spacial score (nSPS) is 19.2. The van der Waals surface area contributed by atoms with Crippen LogP contribution in [0.3, 0.4) is 0 Å². The van der Waals surface area contributed by atoms with Gasteiger partial charge in [-0.2, -0.15) is 0 Å². The summed E-state index contributed by atoms with van der Waals surface area (Å²) in [5, 5.41) is 0.848. The van der Waals surface area contributed by atoms with Gasteiger partial charge in [-0.05, 0) is 40.5 Å². The number of hydrogen-bond acceptors (Lipinski definition) is 5. The van der Waals surface area contributed by atoms with Gasteiger partial charge in [-0.1, -0.05) is 0 Å². The average Bonchev–Trinajstić information content (AvgIpc) is 2.93. The van der Waals surface area contributed by atoms with Crippen molar-refractivity contribution in [1.29, 1.82) is 0 Å². The minimum absolute atomic E-state index is 0.121. The van der Waals surface area contributed by atoms with E-state index >= 15 is 0 Å². The number of rotatable bonds is 2. The maximum Gasteiger partial charge on any atom is 0.329 e. The highest BCUT2D eigenvalue weighted by Gasteiger charge is 2.37. The third kappa shape index (κ3) is 3.36. The van der Waals surface area contributed by atoms with Crippen molar-refractivity contribution in [3.05, 3.63) is 16.1 Å². The van der Waals surface area contributed by atoms with Gasteiger partial charge in [0.1, 0.15) is 16.5 Å². The molecule has 20 heavy (non-hydrogen) atoms. The van der Waals surface area contributed by atoms with E-state index in [1.54, 1.807) is 11.1 Å². The van der Waals surface area contributed by atoms with Crippen LogP contribution >= 0.6 is 11.3 Å². The number of likely N-dealkylation sites (tertiary alicyclic amines) is 1. The zero-order chi connectivity index (χ0) is 14.9. The molecule has 0 unspecified atom stereocenters. The topological polar surface area (TPSA) is 59.5 Å². The lowest BCUT2D eigenvalue weighted by molar-refractivity contribution is -0.159. The molecule has 0 spiro atoms. The van der Waals surface area contributed by atoms with Gasteiger partial charge in [0.25, 0.3) is 5.91 Å². The fourth-order valence-corrected chi connectivity index (χ4v) is 2.96. The number of esters is 1. The van der Waals surface area contributed by atoms with E-state index in [4.69, 9.17) is 4.74 Å². The maximum atomic E-state index is 12.4. The zero-order valence-electron chi connectivity index (χ0n) is 12.3. The lowest BCUT2D eigenvalue weighted by Gasteiger charge is -2.27. The highest BCUT2D eigenvalue weighted by molar-refractivity contribution is 7.13. The summed E-state index contributed by atoms with van der Waals surface area (Å²) >= 11 is 1.36. The van der Waals surface area contributed by atoms with Crippen molar-refractivity contribution in [2.45, 2.75) is 52.2 Å². The van der Waals surface area contributed by atoms with Crippen LogP contribution in [0.4, 0.5) is 0 Å². The molecule has 0 saturated carbocycles. The largest absolute Gasteiger partial charge is 0.458 e. The van der Waals surface area contributed by atoms with Gasteiger partial charge in [-0.15, -0.1) is 11.3 Å². The number of hydrogen-bond donors (Lipinski definition) is 0. The van der Waals surface area contributed by atoms with E-state index < -0.39 is 11.6 Å². The Hall–Kier alpha value is -1.43. The van der Waals surface area contributed by atoms with E-state index in [2.05, 4.69) is 4.98 Å². The van der Waals surface area contributed by atoms with Crippen LogP contribution < -0.4 is 0 Å². The van der Waals surface area contributed by atoms with Crippen LogP contribution in [-0.2, 0) is 9.53 Å². The first-order valence-electron chi connectivity index (χ1n) is 6.74. The number of ether oxygens (including phenoxy) is 1. The number of carbonyl (C=O) groups is 2. The van der Waals surface area contributed by atoms with Crippen LogP contribution in [0.15, 0.2) is 6.20 Å². The van der Waals surface area contributed by atoms with Gasteiger partial charge < -0.3 is 9.64 Å². The van der Waals surface area contributed by atoms with Crippen molar-refractivity contribution in [2.75, 3.05) is 6.54 Å². The molecule has 2 heterocycles. The molecule has 1 fully saturated rings. The Bertz CT molecular complexity index is 519. The molecule has 0 aliphatic carbocycles. The van der Waals surface area contributed by atoms with Gasteiger partial charge in [-0.25, -0.2) is 9.78 Å². The minimum atomic E-state index is -0.532. The van der Waals surface area contributed by atoms with Crippen LogP contribution in [0.25, 0.3) is 0 Å². The number of aromatic nitrogens is 1. The van der Waals surface area contributed by atoms with E-state index in [-0.39, 0.29) is 11.9 Å². The van der Waals surface area contributed by atoms with Gasteiger partial charge >= 0.3 is 5.97 Å². The Labute approximate surface area is 122 Å². The summed E-state index contributed by atoms with van der Waals surface area (Å²) in [4.78, 5) is 30.9. The first kappa shape index (κ1) is 15.0. The molecule has 0 aromatic carbocycles. The second-order valence-electron chi connectivity index (χ2n) is 5.93. The Morgan fingerprint density at radius 1 is 1.45 bits per heavy atom. The Morgan fingerprint density at radius 2 is 2.15 bits per heavy atom. The first-order chi connectivity index (χ1) is 9.28. The Balaban J connectivity index is 2.11. The molecule has 1 saturated heterocycles. The monoisotopic (exact) mass is 296 g/mol. The molecule has 1 aliphatic rings. The molecular formula is C14H20N2O3S. The minimum Gasteiger partial charge on any atom is -0.458 e. The second-order valence-corrected chi connectivity index (χ2v) is 7.17. The molecule has 1 aromatic rings. The van der Waals surface area contributed by atoms with Gasteiger partial charge in [0.15, 0.2) is 0 Å². The molecular weight excluding hydrogens is 276 g/mol. The molecule has 0 bridgehead atoms. The number of nitrogens with zero attached hydrogens (tertiary/aromatic N) is 2. The van der Waals surface area contributed by atoms with Crippen LogP contribution in [0.5, 0.6) is 0 Å². The van der Waals surface area contributed by atoms with E-state index in [0.29, 0.717) is 17.8 Å². The third-order valence-electron chi connectivity index (χ3n) is 3.02. The highest BCUT2D eigenvalue weighted by Crippen LogP contribution is 2.24. The number of amides is 1. The van der Waals surface area contributed by atoms with Crippen molar-refractivity contribution < 1.29 is 14.3 Å². The molecule has 110 valence electrons. The number of thiazole rings is 1. The van der Waals surface area contributed by atoms with Crippen molar-refractivity contribution in [2.24, 2.45) is 0 Å². The summed E-state index contributed by atoms with van der Waals surface area (Å²) in [6.45, 7) is 7.95. The standard InChI is InChI=1S/C14H20N2O3S/c1-9-15-8-11(20-9)12(17)16-7-5-6-10(16)13(18)19-14(2,3)4/h8,10H,5-7H2,1-4H3/t10-/m0/s1. The predicted molar refractivity (Wildman–Crippen MR) is 76.8 cm³/mol. The van der Waals surface area contributed by atoms with E-state index in [1.807, 2.05) is 27.7 Å². The summed E-state index contributed by atoms with van der Waals surface area (Å²) in [6.07, 6.45) is 3.07. The van der Waals surface area contributed by atoms with Gasteiger partial charge in [0.05, 0.1) is 11.2 Å². The first-order valence-corrected chi connectivity index (χ1v) is 7.56. The van der Waals surface area contributed by atoms with Gasteiger partial charge in [0, 0.05) is 6.54 Å². The van der Waals surface area contributed by atoms with Crippen LogP contribution in [0, 0.1) is 6.92 Å². The molecule has 0 radical (unpaired) electrons. The summed E-state index contributed by atoms with van der Waals surface area (Å²) in [5.74, 6) is -0.437. The Morgan fingerprint density at radius 3 is 2.70 bits per heavy atom. The summed E-state index contributed by atoms with van der Waals surface area (Å²) in [5.41, 5.74) is -0.532. The van der Waals surface area contributed by atoms with E-state index in [9.17, 15) is 9.59 Å². The smallest absolute Gasteiger partial charge is 0.329 e.